The maximum atomic E-state index is 8.71. The fourth-order valence-corrected chi connectivity index (χ4v) is 0.519. The number of rotatable bonds is 0. The largest absolute Gasteiger partial charge is 0.504 e. The first-order valence-corrected chi connectivity index (χ1v) is 3.90. The van der Waals surface area contributed by atoms with Crippen LogP contribution in [0, 0.1) is 0 Å². The van der Waals surface area contributed by atoms with E-state index in [-0.39, 0.29) is 11.5 Å². The number of hydrogen-bond acceptors (Lipinski definition) is 3. The highest BCUT2D eigenvalue weighted by Gasteiger charge is 2.00. The van der Waals surface area contributed by atoms with Crippen LogP contribution in [0.25, 0.3) is 0 Å². The number of para-hydroxylation sites is 1. The van der Waals surface area contributed by atoms with Gasteiger partial charge in [0.25, 0.3) is 0 Å². The Morgan fingerprint density at radius 3 is 1.54 bits per heavy atom. The van der Waals surface area contributed by atoms with E-state index in [0.717, 1.165) is 0 Å². The first kappa shape index (κ1) is 11.4. The Morgan fingerprint density at radius 2 is 1.31 bits per heavy atom. The molecular weight excluding hydrogens is 168 g/mol. The minimum absolute atomic E-state index is 0.310. The van der Waals surface area contributed by atoms with E-state index in [2.05, 4.69) is 0 Å². The van der Waals surface area contributed by atoms with Gasteiger partial charge in [-0.1, -0.05) is 18.2 Å². The lowest BCUT2D eigenvalue weighted by molar-refractivity contribution is 0.368. The van der Waals surface area contributed by atoms with Gasteiger partial charge in [-0.05, 0) is 26.0 Å². The van der Waals surface area contributed by atoms with E-state index < -0.39 is 5.75 Å². The number of phenolic OH excluding ortho intramolecular Hbond substituents is 3. The van der Waals surface area contributed by atoms with Crippen molar-refractivity contribution in [3.05, 3.63) is 30.4 Å². The molecule has 72 valence electrons. The number of allylic oxidation sites excluding steroid dienone is 2. The Hall–Kier alpha value is -1.64. The topological polar surface area (TPSA) is 60.7 Å². The Balaban J connectivity index is 0.000000310. The zero-order valence-corrected chi connectivity index (χ0v) is 7.73. The Labute approximate surface area is 77.6 Å². The monoisotopic (exact) mass is 182 g/mol. The lowest BCUT2D eigenvalue weighted by Gasteiger charge is -1.96. The highest BCUT2D eigenvalue weighted by Crippen LogP contribution is 2.32. The van der Waals surface area contributed by atoms with Crippen LogP contribution >= 0.6 is 0 Å². The molecule has 0 saturated heterocycles. The van der Waals surface area contributed by atoms with Crippen LogP contribution in [0.1, 0.15) is 13.8 Å². The molecule has 3 nitrogen and oxygen atoms in total. The summed E-state index contributed by atoms with van der Waals surface area (Å²) >= 11 is 0. The van der Waals surface area contributed by atoms with Gasteiger partial charge in [-0.2, -0.15) is 0 Å². The van der Waals surface area contributed by atoms with Crippen molar-refractivity contribution in [3.63, 3.8) is 0 Å². The quantitative estimate of drug-likeness (QED) is 0.426. The van der Waals surface area contributed by atoms with Gasteiger partial charge in [-0.3, -0.25) is 0 Å². The molecule has 1 aromatic carbocycles. The maximum absolute atomic E-state index is 8.71. The standard InChI is InChI=1S/C6H6O3.C4H8/c7-4-2-1-3-5(8)6(4)9;1-3-4-2/h1-3,7-9H;3-4H,1-2H3. The zero-order chi connectivity index (χ0) is 10.3. The van der Waals surface area contributed by atoms with E-state index in [0.29, 0.717) is 0 Å². The summed E-state index contributed by atoms with van der Waals surface area (Å²) < 4.78 is 0. The number of phenols is 3. The van der Waals surface area contributed by atoms with Gasteiger partial charge in [-0.25, -0.2) is 0 Å². The lowest BCUT2D eigenvalue weighted by atomic mass is 10.3. The minimum atomic E-state index is -0.475. The van der Waals surface area contributed by atoms with Gasteiger partial charge in [0.15, 0.2) is 17.2 Å². The lowest BCUT2D eigenvalue weighted by Crippen LogP contribution is -1.67. The Morgan fingerprint density at radius 1 is 0.923 bits per heavy atom. The summed E-state index contributed by atoms with van der Waals surface area (Å²) in [5.41, 5.74) is 0. The number of hydrogen-bond donors (Lipinski definition) is 3. The van der Waals surface area contributed by atoms with Gasteiger partial charge in [-0.15, -0.1) is 0 Å². The summed E-state index contributed by atoms with van der Waals surface area (Å²) in [6, 6.07) is 4.01. The van der Waals surface area contributed by atoms with E-state index in [1.54, 1.807) is 0 Å². The van der Waals surface area contributed by atoms with Crippen molar-refractivity contribution in [1.29, 1.82) is 0 Å². The van der Waals surface area contributed by atoms with E-state index >= 15 is 0 Å². The molecule has 0 spiro atoms. The maximum Gasteiger partial charge on any atom is 0.200 e. The molecule has 0 saturated carbocycles. The molecule has 0 fully saturated rings. The van der Waals surface area contributed by atoms with Gasteiger partial charge in [0.1, 0.15) is 0 Å². The van der Waals surface area contributed by atoms with Crippen molar-refractivity contribution in [2.45, 2.75) is 13.8 Å². The molecule has 1 rings (SSSR count). The molecule has 0 unspecified atom stereocenters. The third kappa shape index (κ3) is 4.06. The van der Waals surface area contributed by atoms with Crippen molar-refractivity contribution < 1.29 is 15.3 Å². The Kier molecular flexibility index (Phi) is 5.19. The average molecular weight is 182 g/mol. The second kappa shape index (κ2) is 5.94. The first-order chi connectivity index (χ1) is 6.13. The molecule has 0 radical (unpaired) electrons. The fraction of sp³-hybridized carbons (Fsp3) is 0.200. The highest BCUT2D eigenvalue weighted by atomic mass is 16.3. The highest BCUT2D eigenvalue weighted by molar-refractivity contribution is 5.47. The summed E-state index contributed by atoms with van der Waals surface area (Å²) in [5.74, 6) is -1.09. The predicted octanol–water partition coefficient (Wildman–Crippen LogP) is 2.39. The Bertz CT molecular complexity index is 255. The van der Waals surface area contributed by atoms with Crippen molar-refractivity contribution in [2.24, 2.45) is 0 Å². The van der Waals surface area contributed by atoms with Crippen LogP contribution in [0.15, 0.2) is 30.4 Å². The summed E-state index contributed by atoms with van der Waals surface area (Å²) in [5, 5.41) is 26.1. The molecule has 0 aliphatic heterocycles. The molecule has 0 aliphatic carbocycles. The van der Waals surface area contributed by atoms with E-state index in [4.69, 9.17) is 15.3 Å². The molecular formula is C10H14O3. The van der Waals surface area contributed by atoms with Crippen LogP contribution in [0.3, 0.4) is 0 Å². The minimum Gasteiger partial charge on any atom is -0.504 e. The summed E-state index contributed by atoms with van der Waals surface area (Å²) in [4.78, 5) is 0. The molecule has 0 amide bonds. The second-order valence-electron chi connectivity index (χ2n) is 2.31. The third-order valence-corrected chi connectivity index (χ3v) is 1.33. The van der Waals surface area contributed by atoms with E-state index in [9.17, 15) is 0 Å². The molecule has 3 N–H and O–H groups in total. The molecule has 0 atom stereocenters. The number of aromatic hydroxyl groups is 3. The van der Waals surface area contributed by atoms with Crippen LogP contribution in [0.5, 0.6) is 17.2 Å². The van der Waals surface area contributed by atoms with Crippen molar-refractivity contribution in [2.75, 3.05) is 0 Å². The molecule has 0 heterocycles. The normalized spacial score (nSPS) is 9.38. The van der Waals surface area contributed by atoms with Crippen LogP contribution in [0.4, 0.5) is 0 Å². The van der Waals surface area contributed by atoms with Gasteiger partial charge in [0.2, 0.25) is 0 Å². The third-order valence-electron chi connectivity index (χ3n) is 1.33. The molecule has 13 heavy (non-hydrogen) atoms. The van der Waals surface area contributed by atoms with Gasteiger partial charge >= 0.3 is 0 Å². The summed E-state index contributed by atoms with van der Waals surface area (Å²) in [6.07, 6.45) is 4.00. The summed E-state index contributed by atoms with van der Waals surface area (Å²) in [6.45, 7) is 4.00. The molecule has 0 aliphatic rings. The predicted molar refractivity (Wildman–Crippen MR) is 51.9 cm³/mol. The second-order valence-corrected chi connectivity index (χ2v) is 2.31. The van der Waals surface area contributed by atoms with Crippen LogP contribution in [-0.2, 0) is 0 Å². The molecule has 1 aromatic rings. The van der Waals surface area contributed by atoms with Gasteiger partial charge < -0.3 is 15.3 Å². The number of benzene rings is 1. The van der Waals surface area contributed by atoms with E-state index in [1.165, 1.54) is 18.2 Å². The smallest absolute Gasteiger partial charge is 0.200 e. The first-order valence-electron chi connectivity index (χ1n) is 3.90. The van der Waals surface area contributed by atoms with Crippen molar-refractivity contribution in [1.82, 2.24) is 0 Å². The molecule has 0 bridgehead atoms. The zero-order valence-electron chi connectivity index (χ0n) is 7.73. The van der Waals surface area contributed by atoms with E-state index in [1.807, 2.05) is 26.0 Å². The average Bonchev–Trinajstić information content (AvgIpc) is 2.14. The molecule has 3 heteroatoms. The van der Waals surface area contributed by atoms with Crippen LogP contribution in [-0.4, -0.2) is 15.3 Å². The van der Waals surface area contributed by atoms with Gasteiger partial charge in [0, 0.05) is 0 Å². The molecule has 0 aromatic heterocycles. The van der Waals surface area contributed by atoms with Crippen LogP contribution in [0.2, 0.25) is 0 Å². The van der Waals surface area contributed by atoms with Gasteiger partial charge in [0.05, 0.1) is 0 Å². The van der Waals surface area contributed by atoms with Crippen molar-refractivity contribution in [3.8, 4) is 17.2 Å². The summed E-state index contributed by atoms with van der Waals surface area (Å²) in [7, 11) is 0. The fourth-order valence-electron chi connectivity index (χ4n) is 0.519. The van der Waals surface area contributed by atoms with Crippen LogP contribution < -0.4 is 0 Å². The SMILES string of the molecule is CC=CC.Oc1cccc(O)c1O. The van der Waals surface area contributed by atoms with Crippen molar-refractivity contribution >= 4 is 0 Å².